The Morgan fingerprint density at radius 1 is 1.32 bits per heavy atom. The molecule has 0 amide bonds. The van der Waals surface area contributed by atoms with Crippen molar-refractivity contribution >= 4 is 40.5 Å². The third-order valence-electron chi connectivity index (χ3n) is 2.77. The summed E-state index contributed by atoms with van der Waals surface area (Å²) in [7, 11) is 0. The molecule has 116 valence electrons. The predicted octanol–water partition coefficient (Wildman–Crippen LogP) is 3.80. The minimum atomic E-state index is -0.398. The van der Waals surface area contributed by atoms with E-state index in [2.05, 4.69) is 4.99 Å². The van der Waals surface area contributed by atoms with E-state index < -0.39 is 5.97 Å². The van der Waals surface area contributed by atoms with Gasteiger partial charge in [-0.05, 0) is 18.2 Å². The molecule has 0 bridgehead atoms. The van der Waals surface area contributed by atoms with Gasteiger partial charge in [-0.1, -0.05) is 31.5 Å². The summed E-state index contributed by atoms with van der Waals surface area (Å²) in [6, 6.07) is 7.00. The largest absolute Gasteiger partial charge is 0.408 e. The van der Waals surface area contributed by atoms with Crippen LogP contribution in [-0.4, -0.2) is 16.4 Å². The highest BCUT2D eigenvalue weighted by Gasteiger charge is 2.15. The van der Waals surface area contributed by atoms with Crippen LogP contribution in [0.15, 0.2) is 34.6 Å². The molecule has 0 radical (unpaired) electrons. The quantitative estimate of drug-likeness (QED) is 0.796. The number of rotatable bonds is 4. The van der Waals surface area contributed by atoms with Gasteiger partial charge < -0.3 is 4.74 Å². The van der Waals surface area contributed by atoms with Gasteiger partial charge in [-0.15, -0.1) is 11.3 Å². The maximum Gasteiger partial charge on any atom is 0.312 e. The molecule has 1 aromatic heterocycles. The average Bonchev–Trinajstić information content (AvgIpc) is 2.88. The molecule has 1 aromatic carbocycles. The summed E-state index contributed by atoms with van der Waals surface area (Å²) in [4.78, 5) is 28.4. The summed E-state index contributed by atoms with van der Waals surface area (Å²) in [6.07, 6.45) is 0.507. The first-order valence-corrected chi connectivity index (χ1v) is 8.05. The van der Waals surface area contributed by atoms with Crippen LogP contribution in [0.25, 0.3) is 0 Å². The zero-order chi connectivity index (χ0) is 16.1. The van der Waals surface area contributed by atoms with Crippen molar-refractivity contribution in [2.75, 3.05) is 0 Å². The normalized spacial score (nSPS) is 11.5. The van der Waals surface area contributed by atoms with Gasteiger partial charge >= 0.3 is 5.97 Å². The second kappa shape index (κ2) is 7.38. The molecule has 0 aliphatic carbocycles. The number of hydrogen-bond donors (Lipinski definition) is 0. The smallest absolute Gasteiger partial charge is 0.312 e. The molecule has 0 aliphatic rings. The van der Waals surface area contributed by atoms with Crippen LogP contribution in [-0.2, 0) is 4.79 Å². The van der Waals surface area contributed by atoms with E-state index in [0.717, 1.165) is 0 Å². The van der Waals surface area contributed by atoms with E-state index in [0.29, 0.717) is 15.5 Å². The first-order valence-electron chi connectivity index (χ1n) is 6.79. The molecule has 0 fully saturated rings. The number of nitrogens with zero attached hydrogens (tertiary/aromatic N) is 2. The molecule has 2 rings (SSSR count). The number of carbonyl (C=O) groups excluding carboxylic acids is 2. The van der Waals surface area contributed by atoms with Crippen molar-refractivity contribution in [3.63, 3.8) is 0 Å². The fourth-order valence-corrected chi connectivity index (χ4v) is 2.68. The van der Waals surface area contributed by atoms with Crippen molar-refractivity contribution in [2.24, 2.45) is 4.99 Å². The first-order chi connectivity index (χ1) is 10.5. The minimum Gasteiger partial charge on any atom is -0.408 e. The fraction of sp³-hybridized carbons (Fsp3) is 0.267. The molecule has 2 aromatic rings. The Morgan fingerprint density at radius 3 is 2.73 bits per heavy atom. The summed E-state index contributed by atoms with van der Waals surface area (Å²) in [5.41, 5.74) is 0.625. The van der Waals surface area contributed by atoms with Gasteiger partial charge in [-0.2, -0.15) is 0 Å². The van der Waals surface area contributed by atoms with Crippen LogP contribution < -0.4 is 9.54 Å². The second-order valence-electron chi connectivity index (χ2n) is 4.36. The van der Waals surface area contributed by atoms with Crippen LogP contribution in [0.4, 0.5) is 5.69 Å². The standard InChI is InChI=1S/C15H15ClN2O3S/c1-3-12(19)18-13(21-14(20)4-2)9-22-15(18)17-11-7-5-6-10(16)8-11/h5-9H,3-4H2,1-2H3. The van der Waals surface area contributed by atoms with Crippen molar-refractivity contribution in [1.29, 1.82) is 0 Å². The van der Waals surface area contributed by atoms with Gasteiger partial charge in [0.05, 0.1) is 11.1 Å². The molecule has 0 spiro atoms. The Hall–Kier alpha value is -1.92. The van der Waals surface area contributed by atoms with Crippen molar-refractivity contribution in [1.82, 2.24) is 4.57 Å². The Balaban J connectivity index is 2.51. The lowest BCUT2D eigenvalue weighted by molar-refractivity contribution is -0.134. The van der Waals surface area contributed by atoms with Crippen molar-refractivity contribution < 1.29 is 14.3 Å². The Kier molecular flexibility index (Phi) is 5.51. The van der Waals surface area contributed by atoms with E-state index in [1.165, 1.54) is 15.9 Å². The molecule has 0 unspecified atom stereocenters. The van der Waals surface area contributed by atoms with Gasteiger partial charge in [0, 0.05) is 17.9 Å². The number of hydrogen-bond acceptors (Lipinski definition) is 5. The summed E-state index contributed by atoms with van der Waals surface area (Å²) in [6.45, 7) is 3.43. The van der Waals surface area contributed by atoms with E-state index in [1.807, 2.05) is 0 Å². The Morgan fingerprint density at radius 2 is 2.09 bits per heavy atom. The lowest BCUT2D eigenvalue weighted by atomic mass is 10.3. The zero-order valence-corrected chi connectivity index (χ0v) is 13.8. The highest BCUT2D eigenvalue weighted by molar-refractivity contribution is 7.07. The molecule has 0 saturated carbocycles. The van der Waals surface area contributed by atoms with Gasteiger partial charge in [0.15, 0.2) is 4.80 Å². The highest BCUT2D eigenvalue weighted by Crippen LogP contribution is 2.19. The highest BCUT2D eigenvalue weighted by atomic mass is 35.5. The molecule has 0 saturated heterocycles. The van der Waals surface area contributed by atoms with E-state index in [9.17, 15) is 9.59 Å². The van der Waals surface area contributed by atoms with Gasteiger partial charge in [0.1, 0.15) is 0 Å². The monoisotopic (exact) mass is 338 g/mol. The van der Waals surface area contributed by atoms with Crippen LogP contribution in [0.1, 0.15) is 31.5 Å². The molecule has 22 heavy (non-hydrogen) atoms. The summed E-state index contributed by atoms with van der Waals surface area (Å²) < 4.78 is 6.51. The molecule has 5 nitrogen and oxygen atoms in total. The number of carbonyl (C=O) groups is 2. The van der Waals surface area contributed by atoms with Gasteiger partial charge in [0.25, 0.3) is 0 Å². The average molecular weight is 339 g/mol. The molecule has 0 atom stereocenters. The lowest BCUT2D eigenvalue weighted by Gasteiger charge is -2.06. The van der Waals surface area contributed by atoms with Crippen molar-refractivity contribution in [2.45, 2.75) is 26.7 Å². The molecular weight excluding hydrogens is 324 g/mol. The zero-order valence-electron chi connectivity index (χ0n) is 12.2. The van der Waals surface area contributed by atoms with E-state index in [-0.39, 0.29) is 24.6 Å². The fourth-order valence-electron chi connectivity index (χ4n) is 1.68. The van der Waals surface area contributed by atoms with Crippen LogP contribution >= 0.6 is 22.9 Å². The molecule has 0 aliphatic heterocycles. The van der Waals surface area contributed by atoms with Crippen molar-refractivity contribution in [3.05, 3.63) is 39.5 Å². The topological polar surface area (TPSA) is 60.7 Å². The Bertz CT molecular complexity index is 764. The van der Waals surface area contributed by atoms with E-state index in [1.54, 1.807) is 43.5 Å². The van der Waals surface area contributed by atoms with Crippen LogP contribution in [0.3, 0.4) is 0 Å². The van der Waals surface area contributed by atoms with Gasteiger partial charge in [0.2, 0.25) is 11.8 Å². The third kappa shape index (κ3) is 3.84. The lowest BCUT2D eigenvalue weighted by Crippen LogP contribution is -2.24. The SMILES string of the molecule is CCC(=O)Oc1csc(=Nc2cccc(Cl)c2)n1C(=O)CC. The summed E-state index contributed by atoms with van der Waals surface area (Å²) >= 11 is 7.16. The van der Waals surface area contributed by atoms with Crippen LogP contribution in [0.5, 0.6) is 5.88 Å². The van der Waals surface area contributed by atoms with E-state index in [4.69, 9.17) is 16.3 Å². The van der Waals surface area contributed by atoms with Gasteiger partial charge in [-0.25, -0.2) is 9.56 Å². The number of esters is 1. The number of aromatic nitrogens is 1. The summed E-state index contributed by atoms with van der Waals surface area (Å²) in [5, 5.41) is 2.16. The first kappa shape index (κ1) is 16.5. The minimum absolute atomic E-state index is 0.194. The number of halogens is 1. The predicted molar refractivity (Wildman–Crippen MR) is 85.8 cm³/mol. The molecular formula is C15H15ClN2O3S. The van der Waals surface area contributed by atoms with Crippen LogP contribution in [0.2, 0.25) is 5.02 Å². The molecule has 0 N–H and O–H groups in total. The van der Waals surface area contributed by atoms with E-state index >= 15 is 0 Å². The maximum absolute atomic E-state index is 12.1. The number of ether oxygens (including phenoxy) is 1. The molecule has 1 heterocycles. The van der Waals surface area contributed by atoms with Gasteiger partial charge in [-0.3, -0.25) is 9.59 Å². The summed E-state index contributed by atoms with van der Waals surface area (Å²) in [5.74, 6) is -0.393. The molecule has 7 heteroatoms. The Labute approximate surface area is 136 Å². The number of benzene rings is 1. The number of thiazole rings is 1. The second-order valence-corrected chi connectivity index (χ2v) is 5.63. The third-order valence-corrected chi connectivity index (χ3v) is 3.81. The van der Waals surface area contributed by atoms with Crippen molar-refractivity contribution in [3.8, 4) is 5.88 Å². The maximum atomic E-state index is 12.1. The van der Waals surface area contributed by atoms with Crippen LogP contribution in [0, 0.1) is 0 Å².